The van der Waals surface area contributed by atoms with E-state index in [1.807, 2.05) is 118 Å². The predicted octanol–water partition coefficient (Wildman–Crippen LogP) is 5.92. The molecule has 135 heavy (non-hydrogen) atoms. The van der Waals surface area contributed by atoms with E-state index in [1.165, 1.54) is 26.1 Å². The maximum atomic E-state index is 13.0. The Balaban J connectivity index is 0.000000130. The van der Waals surface area contributed by atoms with E-state index in [-0.39, 0.29) is 63.8 Å². The van der Waals surface area contributed by atoms with E-state index >= 15 is 0 Å². The van der Waals surface area contributed by atoms with Crippen molar-refractivity contribution in [3.63, 3.8) is 0 Å². The topological polar surface area (TPSA) is 656 Å². The lowest BCUT2D eigenvalue weighted by molar-refractivity contribution is -0.0509. The normalized spacial score (nSPS) is 25.1. The molecule has 5 aliphatic heterocycles. The summed E-state index contributed by atoms with van der Waals surface area (Å²) in [6.07, 6.45) is -10.6. The van der Waals surface area contributed by atoms with E-state index in [2.05, 4.69) is 93.1 Å². The molecule has 15 heterocycles. The summed E-state index contributed by atoms with van der Waals surface area (Å²) in [6, 6.07) is 36.8. The first-order valence-electron chi connectivity index (χ1n) is 42.2. The zero-order valence-corrected chi connectivity index (χ0v) is 77.0. The minimum atomic E-state index is -1.30. The van der Waals surface area contributed by atoms with Gasteiger partial charge in [-0.1, -0.05) is 142 Å². The van der Waals surface area contributed by atoms with Crippen LogP contribution < -0.4 is 40.1 Å². The third-order valence-corrected chi connectivity index (χ3v) is 25.4. The van der Waals surface area contributed by atoms with Gasteiger partial charge in [0.25, 0.3) is 5.91 Å². The van der Waals surface area contributed by atoms with E-state index in [9.17, 15) is 65.8 Å². The van der Waals surface area contributed by atoms with Crippen LogP contribution >= 0.6 is 50.7 Å². The lowest BCUT2D eigenvalue weighted by Gasteiger charge is -2.24. The third kappa shape index (κ3) is 18.5. The molecule has 43 nitrogen and oxygen atoms in total. The highest BCUT2D eigenvalue weighted by atomic mass is 127. The molecule has 0 aliphatic carbocycles. The van der Waals surface area contributed by atoms with Crippen LogP contribution in [0.5, 0.6) is 0 Å². The number of aryl methyl sites for hydroxylation is 2. The molecular formula is C89H94BrIN24O19S. The number of nitrogen functional groups attached to an aromatic ring is 5. The van der Waals surface area contributed by atoms with Gasteiger partial charge in [0.1, 0.15) is 141 Å². The largest absolute Gasteiger partial charge is 0.454 e. The van der Waals surface area contributed by atoms with Crippen LogP contribution in [0.3, 0.4) is 0 Å². The Labute approximate surface area is 794 Å². The zero-order chi connectivity index (χ0) is 96.7. The molecule has 0 radical (unpaired) electrons. The van der Waals surface area contributed by atoms with Crippen molar-refractivity contribution in [2.45, 2.75) is 164 Å². The number of nitrogens with two attached hydrogens (primary N) is 7. The van der Waals surface area contributed by atoms with Gasteiger partial charge in [-0.3, -0.25) is 9.36 Å². The Morgan fingerprint density at radius 3 is 1.22 bits per heavy atom. The Morgan fingerprint density at radius 2 is 0.807 bits per heavy atom. The number of benzene rings is 4. The number of carbonyl (C=O) groups is 2. The number of halogens is 2. The predicted molar refractivity (Wildman–Crippen MR) is 507 cm³/mol. The molecule has 0 saturated carbocycles. The van der Waals surface area contributed by atoms with Gasteiger partial charge in [0, 0.05) is 56.5 Å². The molecule has 25 N–H and O–H groups in total. The van der Waals surface area contributed by atoms with Gasteiger partial charge >= 0.3 is 5.97 Å². The van der Waals surface area contributed by atoms with Gasteiger partial charge in [-0.05, 0) is 77.3 Å². The van der Waals surface area contributed by atoms with Crippen LogP contribution in [0.1, 0.15) is 103 Å². The van der Waals surface area contributed by atoms with Crippen LogP contribution in [0.15, 0.2) is 151 Å². The van der Waals surface area contributed by atoms with E-state index in [4.69, 9.17) is 98.9 Å². The quantitative estimate of drug-likeness (QED) is 0.0218. The van der Waals surface area contributed by atoms with Gasteiger partial charge in [0.2, 0.25) is 11.4 Å². The number of carbonyl (C=O) groups excluding carboxylic acids is 2. The van der Waals surface area contributed by atoms with Crippen molar-refractivity contribution < 1.29 is 94.2 Å². The molecule has 0 bridgehead atoms. The first-order chi connectivity index (χ1) is 64.7. The first-order valence-corrected chi connectivity index (χ1v) is 44.5. The van der Waals surface area contributed by atoms with Crippen molar-refractivity contribution in [3.05, 3.63) is 205 Å². The number of esters is 1. The van der Waals surface area contributed by atoms with Crippen LogP contribution in [0.2, 0.25) is 0 Å². The fraction of sp³-hybridized carbons (Fsp3) is 0.337. The number of aromatic nitrogens is 15. The Morgan fingerprint density at radius 1 is 0.452 bits per heavy atom. The van der Waals surface area contributed by atoms with Crippen molar-refractivity contribution >= 4 is 163 Å². The number of thiocarbonyl (C=S) groups is 1. The summed E-state index contributed by atoms with van der Waals surface area (Å²) >= 11 is 10.8. The summed E-state index contributed by atoms with van der Waals surface area (Å²) in [7, 11) is 0. The number of anilines is 5. The SMILES string of the molecule is CC[C@H]1O[C@@H](n2cc(C(N)=O)c3c(N)nc(C)nc32)[C@H](O)[C@@H]1O.Cc1nc(N)c2c(I)cn([C@@H]3O[C@H](CO)[C@@H](O)[C@H]3O)c2n1.NC(=S)c1cn([C@@H]2O[C@H](CO)[C@@H](O)[C@H]2O)c2nc(-c3ccccc3)nc(N)c12.[C-]#[N+]c1c(Br)n([C@@H]2O[C@H](CC)[C@@H](C)[C@H]2OC(=O)c2ccccc2)c2nc(-c3ccccc3)nc(N)c12.[C-]#[N+]c1cn([C@@H]2O[C@H](CO)[C@@H](O)[C@H]2O)c2nc(-c3ccccc3)nc(N)c12. The van der Waals surface area contributed by atoms with E-state index < -0.39 is 136 Å². The first kappa shape index (κ1) is 96.9. The molecule has 4 aromatic carbocycles. The number of aliphatic hydroxyl groups excluding tert-OH is 11. The maximum absolute atomic E-state index is 13.0. The molecule has 5 aliphatic rings. The highest BCUT2D eigenvalue weighted by molar-refractivity contribution is 14.1. The smallest absolute Gasteiger partial charge is 0.338 e. The second kappa shape index (κ2) is 40.5. The summed E-state index contributed by atoms with van der Waals surface area (Å²) in [5.41, 5.74) is 47.5. The number of aliphatic hydroxyl groups is 11. The summed E-state index contributed by atoms with van der Waals surface area (Å²) in [5, 5.41) is 111. The molecule has 19 rings (SSSR count). The van der Waals surface area contributed by atoms with Crippen LogP contribution in [-0.2, 0) is 28.4 Å². The lowest BCUT2D eigenvalue weighted by atomic mass is 9.98. The fourth-order valence-corrected chi connectivity index (χ4v) is 18.5. The summed E-state index contributed by atoms with van der Waals surface area (Å²) < 4.78 is 44.0. The molecule has 20 atom stereocenters. The van der Waals surface area contributed by atoms with E-state index in [1.54, 1.807) is 59.6 Å². The van der Waals surface area contributed by atoms with Crippen LogP contribution in [-0.4, -0.2) is 251 Å². The fourth-order valence-electron chi connectivity index (χ4n) is 16.8. The highest BCUT2D eigenvalue weighted by Crippen LogP contribution is 2.49. The van der Waals surface area contributed by atoms with Gasteiger partial charge in [-0.2, -0.15) is 0 Å². The molecule has 1 amide bonds. The number of fused-ring (bicyclic) bond motifs is 5. The minimum Gasteiger partial charge on any atom is -0.454 e. The molecule has 0 spiro atoms. The highest BCUT2D eigenvalue weighted by Gasteiger charge is 2.50. The number of nitrogens with zero attached hydrogens (tertiary/aromatic N) is 17. The van der Waals surface area contributed by atoms with Crippen LogP contribution in [0, 0.1) is 36.5 Å². The second-order valence-corrected chi connectivity index (χ2v) is 34.4. The molecule has 10 aromatic heterocycles. The van der Waals surface area contributed by atoms with Crippen molar-refractivity contribution in [3.8, 4) is 34.2 Å². The van der Waals surface area contributed by atoms with Gasteiger partial charge < -0.3 is 143 Å². The zero-order valence-electron chi connectivity index (χ0n) is 72.4. The summed E-state index contributed by atoms with van der Waals surface area (Å²) in [4.78, 5) is 75.8. The van der Waals surface area contributed by atoms with E-state index in [0.29, 0.717) is 112 Å². The number of hydrogen-bond donors (Lipinski definition) is 18. The molecule has 5 saturated heterocycles. The summed E-state index contributed by atoms with van der Waals surface area (Å²) in [6.45, 7) is 23.2. The van der Waals surface area contributed by atoms with Crippen molar-refractivity contribution in [1.29, 1.82) is 0 Å². The molecule has 46 heteroatoms. The number of rotatable bonds is 17. The van der Waals surface area contributed by atoms with Crippen molar-refractivity contribution in [2.75, 3.05) is 48.5 Å². The van der Waals surface area contributed by atoms with Crippen molar-refractivity contribution in [2.24, 2.45) is 17.4 Å². The number of amides is 1. The van der Waals surface area contributed by atoms with Crippen molar-refractivity contribution in [1.82, 2.24) is 72.7 Å². The molecule has 5 fully saturated rings. The standard InChI is InChI=1S/C27H24BrN5O3.C18H19N5O4S.C18H17N5O4.C14H19N5O4.C12H15IN4O4/c1-4-18-15(2)21(36-27(34)17-13-9-6-10-14-17)26(35-18)33-22(28)20(30-3)19-23(29)31-24(32-25(19)33)16-11-7-5-8-12-16;19-14-11-9(15(20)28)6-23(18-13(26)12(25)10(7-24)27-18)17(11)22-16(21-14)8-4-2-1-3-5-8;1-20-10-7-23(18-14(26)13(25)11(8-24)27-18)17-12(10)15(19)21-16(22-17)9-5-3-2-4-6-9;1-3-7-9(20)10(21)14(23-7)19-4-6(12(16)22)8-11(15)17-5(2)18-13(8)19;1-4-15-10(14)7-5(13)2-17(11(7)16-4)12-9(20)8(19)6(3-18)21-12/h5-15,18,21,26H,4H2,1-2H3,(H2,29,31,32);1-6,10,12-13,18,24-26H,7H2,(H2,20,28)(H2,19,21,22);2-7,11,13-14,18,24-26H,8H2,(H2,19,21,22);4,7,9-10,14,20-21H,3H2,1-2H3,(H2,16,22)(H2,15,17,18);2,6,8-9,12,18-20H,3H2,1H3,(H2,14,15,16)/t15-,18-,21-,26-;10-,12-,13-,18-;11-,13-,14-,18-;7-,9-,10-,14-;6-,8-,9-,12-/m11111/s1. The average Bonchev–Trinajstić information content (AvgIpc) is 1.60. The van der Waals surface area contributed by atoms with Gasteiger partial charge in [0.15, 0.2) is 54.7 Å². The lowest BCUT2D eigenvalue weighted by Crippen LogP contribution is -2.33. The molecule has 14 aromatic rings. The van der Waals surface area contributed by atoms with Gasteiger partial charge in [-0.25, -0.2) is 64.3 Å². The second-order valence-electron chi connectivity index (χ2n) is 32.1. The number of hydrogen-bond acceptors (Lipinski definition) is 35. The average molecular weight is 2040 g/mol. The minimum absolute atomic E-state index is 0.0817. The Hall–Kier alpha value is -12.6. The number of ether oxygens (including phenoxy) is 6. The van der Waals surface area contributed by atoms with Crippen LogP contribution in [0.25, 0.3) is 99.0 Å². The van der Waals surface area contributed by atoms with Gasteiger partial charge in [0.05, 0.1) is 87.8 Å². The molecule has 704 valence electrons. The number of primary amides is 1. The van der Waals surface area contributed by atoms with Gasteiger partial charge in [-0.15, -0.1) is 0 Å². The molecular weight excluding hydrogens is 1950 g/mol. The maximum Gasteiger partial charge on any atom is 0.338 e. The molecule has 0 unspecified atom stereocenters. The Kier molecular flexibility index (Phi) is 29.1. The van der Waals surface area contributed by atoms with E-state index in [0.717, 1.165) is 26.7 Å². The van der Waals surface area contributed by atoms with Crippen LogP contribution in [0.4, 0.5) is 40.5 Å². The Bertz CT molecular complexity index is 6860. The monoisotopic (exact) mass is 2040 g/mol. The summed E-state index contributed by atoms with van der Waals surface area (Å²) in [5.74, 6) is 1.85. The third-order valence-electron chi connectivity index (χ3n) is 23.6.